The first kappa shape index (κ1) is 20.0. The highest BCUT2D eigenvalue weighted by Gasteiger charge is 2.31. The predicted octanol–water partition coefficient (Wildman–Crippen LogP) is 3.29. The third kappa shape index (κ3) is 4.07. The Morgan fingerprint density at radius 2 is 1.59 bits per heavy atom. The Labute approximate surface area is 168 Å². The smallest absolute Gasteiger partial charge is 0.246 e. The molecule has 1 aliphatic heterocycles. The maximum absolute atomic E-state index is 13.1. The van der Waals surface area contributed by atoms with Crippen LogP contribution in [-0.4, -0.2) is 53.1 Å². The number of sulfonamides is 1. The maximum atomic E-state index is 13.1. The number of piperazine rings is 1. The molecule has 0 amide bonds. The highest BCUT2D eigenvalue weighted by atomic mass is 79.9. The lowest BCUT2D eigenvalue weighted by atomic mass is 10.2. The molecule has 2 aromatic rings. The number of methoxy groups -OCH3 is 2. The molecule has 1 heterocycles. The van der Waals surface area contributed by atoms with Crippen LogP contribution < -0.4 is 14.4 Å². The van der Waals surface area contributed by atoms with Gasteiger partial charge in [-0.05, 0) is 48.9 Å². The maximum Gasteiger partial charge on any atom is 0.246 e. The Morgan fingerprint density at radius 1 is 0.963 bits per heavy atom. The Hall–Kier alpha value is -1.77. The summed E-state index contributed by atoms with van der Waals surface area (Å²) in [5, 5.41) is 0. The fourth-order valence-corrected chi connectivity index (χ4v) is 5.20. The minimum atomic E-state index is -3.63. The van der Waals surface area contributed by atoms with Crippen LogP contribution in [0.25, 0.3) is 0 Å². The molecule has 0 radical (unpaired) electrons. The summed E-state index contributed by atoms with van der Waals surface area (Å²) in [6.45, 7) is 3.99. The van der Waals surface area contributed by atoms with Crippen LogP contribution in [0.15, 0.2) is 45.8 Å². The monoisotopic (exact) mass is 454 g/mol. The van der Waals surface area contributed by atoms with Crippen LogP contribution in [-0.2, 0) is 10.0 Å². The fraction of sp³-hybridized carbons (Fsp3) is 0.368. The predicted molar refractivity (Wildman–Crippen MR) is 109 cm³/mol. The van der Waals surface area contributed by atoms with E-state index in [-0.39, 0.29) is 4.90 Å². The van der Waals surface area contributed by atoms with Crippen LogP contribution in [0.2, 0.25) is 0 Å². The van der Waals surface area contributed by atoms with Gasteiger partial charge in [0.05, 0.1) is 14.2 Å². The second kappa shape index (κ2) is 8.08. The number of halogens is 1. The number of aryl methyl sites for hydroxylation is 1. The molecule has 1 fully saturated rings. The van der Waals surface area contributed by atoms with Crippen LogP contribution in [0.5, 0.6) is 11.5 Å². The Bertz CT molecular complexity index is 908. The second-order valence-corrected chi connectivity index (χ2v) is 9.10. The summed E-state index contributed by atoms with van der Waals surface area (Å²) in [6, 6.07) is 11.2. The minimum absolute atomic E-state index is 0.195. The van der Waals surface area contributed by atoms with E-state index in [2.05, 4.69) is 20.8 Å². The normalized spacial score (nSPS) is 15.6. The first-order chi connectivity index (χ1) is 12.9. The molecule has 146 valence electrons. The lowest BCUT2D eigenvalue weighted by Crippen LogP contribution is -2.48. The van der Waals surface area contributed by atoms with Gasteiger partial charge in [-0.2, -0.15) is 4.31 Å². The molecule has 0 aliphatic carbocycles. The molecule has 2 aromatic carbocycles. The van der Waals surface area contributed by atoms with Crippen LogP contribution in [0.1, 0.15) is 5.56 Å². The van der Waals surface area contributed by atoms with E-state index in [0.717, 1.165) is 21.5 Å². The summed E-state index contributed by atoms with van der Waals surface area (Å²) in [4.78, 5) is 2.37. The van der Waals surface area contributed by atoms with Gasteiger partial charge in [-0.3, -0.25) is 0 Å². The zero-order valence-electron chi connectivity index (χ0n) is 15.6. The average Bonchev–Trinajstić information content (AvgIpc) is 2.69. The van der Waals surface area contributed by atoms with E-state index in [1.165, 1.54) is 11.4 Å². The van der Waals surface area contributed by atoms with Crippen molar-refractivity contribution in [3.8, 4) is 11.5 Å². The molecule has 27 heavy (non-hydrogen) atoms. The number of hydrogen-bond donors (Lipinski definition) is 0. The largest absolute Gasteiger partial charge is 0.497 e. The molecule has 8 heteroatoms. The Kier molecular flexibility index (Phi) is 5.98. The molecule has 0 aromatic heterocycles. The molecular formula is C19H23BrN2O4S. The first-order valence-electron chi connectivity index (χ1n) is 8.60. The van der Waals surface area contributed by atoms with Crippen molar-refractivity contribution in [2.75, 3.05) is 45.3 Å². The third-order valence-electron chi connectivity index (χ3n) is 4.74. The summed E-state index contributed by atoms with van der Waals surface area (Å²) >= 11 is 3.42. The first-order valence-corrected chi connectivity index (χ1v) is 10.8. The summed E-state index contributed by atoms with van der Waals surface area (Å²) in [7, 11) is -0.504. The standard InChI is InChI=1S/C19H23BrN2O4S/c1-14-12-18(26-3)19(13-17(14)20)27(23,24)22-10-8-21(9-11-22)15-4-6-16(25-2)7-5-15/h4-7,12-13H,8-11H2,1-3H3. The Balaban J connectivity index is 1.77. The molecule has 0 saturated carbocycles. The van der Waals surface area contributed by atoms with Gasteiger partial charge in [0, 0.05) is 36.3 Å². The highest BCUT2D eigenvalue weighted by molar-refractivity contribution is 9.10. The SMILES string of the molecule is COc1ccc(N2CCN(S(=O)(=O)c3cc(Br)c(C)cc3OC)CC2)cc1. The third-order valence-corrected chi connectivity index (χ3v) is 7.51. The van der Waals surface area contributed by atoms with Gasteiger partial charge in [-0.15, -0.1) is 0 Å². The van der Waals surface area contributed by atoms with E-state index in [1.807, 2.05) is 31.2 Å². The molecule has 0 bridgehead atoms. The number of anilines is 1. The number of hydrogen-bond acceptors (Lipinski definition) is 5. The number of ether oxygens (including phenoxy) is 2. The minimum Gasteiger partial charge on any atom is -0.497 e. The molecule has 6 nitrogen and oxygen atoms in total. The van der Waals surface area contributed by atoms with Gasteiger partial charge in [0.15, 0.2) is 0 Å². The number of rotatable bonds is 5. The van der Waals surface area contributed by atoms with Gasteiger partial charge < -0.3 is 14.4 Å². The van der Waals surface area contributed by atoms with Crippen molar-refractivity contribution in [1.29, 1.82) is 0 Å². The lowest BCUT2D eigenvalue weighted by molar-refractivity contribution is 0.374. The van der Waals surface area contributed by atoms with E-state index in [9.17, 15) is 8.42 Å². The lowest BCUT2D eigenvalue weighted by Gasteiger charge is -2.35. The van der Waals surface area contributed by atoms with Gasteiger partial charge in [0.25, 0.3) is 0 Å². The Morgan fingerprint density at radius 3 is 2.15 bits per heavy atom. The summed E-state index contributed by atoms with van der Waals surface area (Å²) < 4.78 is 39.1. The van der Waals surface area contributed by atoms with Crippen LogP contribution in [0, 0.1) is 6.92 Å². The van der Waals surface area contributed by atoms with Gasteiger partial charge in [0.1, 0.15) is 16.4 Å². The molecule has 0 N–H and O–H groups in total. The molecule has 0 spiro atoms. The van der Waals surface area contributed by atoms with E-state index in [0.29, 0.717) is 31.9 Å². The molecular weight excluding hydrogens is 432 g/mol. The van der Waals surface area contributed by atoms with Crippen LogP contribution in [0.3, 0.4) is 0 Å². The van der Waals surface area contributed by atoms with Crippen molar-refractivity contribution in [3.63, 3.8) is 0 Å². The topological polar surface area (TPSA) is 59.1 Å². The molecule has 1 aliphatic rings. The van der Waals surface area contributed by atoms with Gasteiger partial charge in [-0.25, -0.2) is 8.42 Å². The summed E-state index contributed by atoms with van der Waals surface area (Å²) in [5.41, 5.74) is 1.98. The molecule has 0 atom stereocenters. The molecule has 3 rings (SSSR count). The zero-order valence-corrected chi connectivity index (χ0v) is 18.0. The van der Waals surface area contributed by atoms with Gasteiger partial charge >= 0.3 is 0 Å². The van der Waals surface area contributed by atoms with Gasteiger partial charge in [0.2, 0.25) is 10.0 Å². The van der Waals surface area contributed by atoms with Crippen molar-refractivity contribution in [2.24, 2.45) is 0 Å². The summed E-state index contributed by atoms with van der Waals surface area (Å²) in [6.07, 6.45) is 0. The van der Waals surface area contributed by atoms with Crippen molar-refractivity contribution in [2.45, 2.75) is 11.8 Å². The average molecular weight is 455 g/mol. The van der Waals surface area contributed by atoms with Crippen molar-refractivity contribution >= 4 is 31.6 Å². The second-order valence-electron chi connectivity index (χ2n) is 6.34. The van der Waals surface area contributed by atoms with Crippen LogP contribution in [0.4, 0.5) is 5.69 Å². The van der Waals surface area contributed by atoms with E-state index >= 15 is 0 Å². The highest BCUT2D eigenvalue weighted by Crippen LogP contribution is 2.33. The van der Waals surface area contributed by atoms with Crippen molar-refractivity contribution in [1.82, 2.24) is 4.31 Å². The van der Waals surface area contributed by atoms with Crippen molar-refractivity contribution < 1.29 is 17.9 Å². The quantitative estimate of drug-likeness (QED) is 0.693. The van der Waals surface area contributed by atoms with Gasteiger partial charge in [-0.1, -0.05) is 15.9 Å². The summed E-state index contributed by atoms with van der Waals surface area (Å²) in [5.74, 6) is 1.17. The molecule has 0 unspecified atom stereocenters. The number of benzene rings is 2. The molecule has 1 saturated heterocycles. The number of nitrogens with zero attached hydrogens (tertiary/aromatic N) is 2. The van der Waals surface area contributed by atoms with E-state index in [4.69, 9.17) is 9.47 Å². The van der Waals surface area contributed by atoms with E-state index in [1.54, 1.807) is 19.2 Å². The van der Waals surface area contributed by atoms with Crippen molar-refractivity contribution in [3.05, 3.63) is 46.4 Å². The zero-order chi connectivity index (χ0) is 19.6. The van der Waals surface area contributed by atoms with Crippen LogP contribution >= 0.6 is 15.9 Å². The van der Waals surface area contributed by atoms with E-state index < -0.39 is 10.0 Å². The fourth-order valence-electron chi connectivity index (χ4n) is 3.12.